The zero-order chi connectivity index (χ0) is 24.2. The van der Waals surface area contributed by atoms with Crippen LogP contribution in [0.4, 0.5) is 5.82 Å². The Morgan fingerprint density at radius 3 is 2.89 bits per heavy atom. The molecule has 8 heteroatoms. The summed E-state index contributed by atoms with van der Waals surface area (Å²) in [5.41, 5.74) is 12.9. The largest absolute Gasteiger partial charge is 0.491 e. The summed E-state index contributed by atoms with van der Waals surface area (Å²) in [5.74, 6) is 1.80. The molecule has 0 unspecified atom stereocenters. The number of nitrogen functional groups attached to an aromatic ring is 1. The molecule has 2 aliphatic rings. The van der Waals surface area contributed by atoms with Gasteiger partial charge in [0.15, 0.2) is 5.82 Å². The van der Waals surface area contributed by atoms with E-state index >= 15 is 0 Å². The molecule has 3 aromatic rings. The van der Waals surface area contributed by atoms with Crippen LogP contribution in [0.2, 0.25) is 0 Å². The molecule has 0 bridgehead atoms. The Bertz CT molecular complexity index is 1180. The van der Waals surface area contributed by atoms with E-state index in [0.29, 0.717) is 18.4 Å². The molecule has 0 aliphatic carbocycles. The van der Waals surface area contributed by atoms with Gasteiger partial charge in [-0.1, -0.05) is 0 Å². The number of ether oxygens (including phenoxy) is 3. The number of nitrogens with zero attached hydrogens (tertiary/aromatic N) is 4. The minimum absolute atomic E-state index is 0.266. The first-order chi connectivity index (χ1) is 17.1. The summed E-state index contributed by atoms with van der Waals surface area (Å²) in [5, 5.41) is 0. The fourth-order valence-electron chi connectivity index (χ4n) is 4.76. The Balaban J connectivity index is 1.31. The van der Waals surface area contributed by atoms with E-state index in [1.165, 1.54) is 16.7 Å². The highest BCUT2D eigenvalue weighted by Gasteiger charge is 2.19. The molecule has 0 amide bonds. The van der Waals surface area contributed by atoms with Gasteiger partial charge in [-0.3, -0.25) is 4.98 Å². The molecule has 2 aromatic heterocycles. The van der Waals surface area contributed by atoms with E-state index in [-0.39, 0.29) is 12.4 Å². The van der Waals surface area contributed by atoms with Gasteiger partial charge in [-0.25, -0.2) is 9.97 Å². The molecule has 1 saturated heterocycles. The normalized spacial score (nSPS) is 16.6. The minimum Gasteiger partial charge on any atom is -0.491 e. The Hall–Kier alpha value is -3.23. The van der Waals surface area contributed by atoms with E-state index in [1.54, 1.807) is 18.6 Å². The van der Waals surface area contributed by atoms with Crippen molar-refractivity contribution in [2.24, 2.45) is 5.92 Å². The maximum absolute atomic E-state index is 6.12. The van der Waals surface area contributed by atoms with Crippen molar-refractivity contribution in [2.75, 3.05) is 39.1 Å². The van der Waals surface area contributed by atoms with Crippen LogP contribution in [0.15, 0.2) is 36.8 Å². The average Bonchev–Trinajstić information content (AvgIpc) is 2.87. The van der Waals surface area contributed by atoms with Gasteiger partial charge in [0.1, 0.15) is 12.4 Å². The van der Waals surface area contributed by atoms with Gasteiger partial charge >= 0.3 is 0 Å². The summed E-state index contributed by atoms with van der Waals surface area (Å²) in [6.45, 7) is 6.70. The number of anilines is 1. The van der Waals surface area contributed by atoms with Crippen molar-refractivity contribution in [1.82, 2.24) is 19.9 Å². The number of benzene rings is 1. The number of hydrogen-bond donors (Lipinski definition) is 1. The van der Waals surface area contributed by atoms with Crippen LogP contribution in [0.1, 0.15) is 35.1 Å². The molecule has 5 rings (SSSR count). The minimum atomic E-state index is 0.266. The lowest BCUT2D eigenvalue weighted by Crippen LogP contribution is -2.27. The van der Waals surface area contributed by atoms with Gasteiger partial charge in [0.2, 0.25) is 0 Å². The fraction of sp³-hybridized carbons (Fsp3) is 0.444. The van der Waals surface area contributed by atoms with Crippen LogP contribution >= 0.6 is 0 Å². The number of pyridine rings is 1. The lowest BCUT2D eigenvalue weighted by atomic mass is 9.92. The van der Waals surface area contributed by atoms with Gasteiger partial charge in [-0.2, -0.15) is 0 Å². The van der Waals surface area contributed by atoms with E-state index in [9.17, 15) is 0 Å². The first-order valence-corrected chi connectivity index (χ1v) is 12.3. The first-order valence-electron chi connectivity index (χ1n) is 12.3. The monoisotopic (exact) mass is 475 g/mol. The number of aromatic nitrogens is 3. The molecule has 2 N–H and O–H groups in total. The Kier molecular flexibility index (Phi) is 7.11. The van der Waals surface area contributed by atoms with Gasteiger partial charge in [0.25, 0.3) is 5.88 Å². The summed E-state index contributed by atoms with van der Waals surface area (Å²) < 4.78 is 17.6. The summed E-state index contributed by atoms with van der Waals surface area (Å²) >= 11 is 0. The highest BCUT2D eigenvalue weighted by Crippen LogP contribution is 2.30. The third-order valence-electron chi connectivity index (χ3n) is 6.86. The van der Waals surface area contributed by atoms with Crippen LogP contribution in [0.3, 0.4) is 0 Å². The zero-order valence-corrected chi connectivity index (χ0v) is 20.5. The summed E-state index contributed by atoms with van der Waals surface area (Å²) in [6.07, 6.45) is 8.29. The number of aryl methyl sites for hydroxylation is 1. The second kappa shape index (κ2) is 10.6. The van der Waals surface area contributed by atoms with Crippen LogP contribution in [-0.2, 0) is 24.3 Å². The number of likely N-dealkylation sites (N-methyl/N-ethyl adjacent to an activating group) is 1. The molecule has 0 spiro atoms. The third-order valence-corrected chi connectivity index (χ3v) is 6.86. The standard InChI is InChI=1S/C27H33N5O3/c1-18-11-21(12-22-15-32(2)8-4-23(18)22)24-13-30-26(28)27(31-24)35-17-20-3-7-29-14-25(20)34-16-19-5-9-33-10-6-19/h3,7,11-14,19H,4-6,8-10,15-17H2,1-2H3,(H2,28,30). The van der Waals surface area contributed by atoms with Crippen molar-refractivity contribution in [2.45, 2.75) is 39.3 Å². The SMILES string of the molecule is Cc1cc(-c2cnc(N)c(OCc3ccncc3OCC3CCOCC3)n2)cc2c1CCN(C)C2. The Labute approximate surface area is 206 Å². The predicted molar refractivity (Wildman–Crippen MR) is 134 cm³/mol. The summed E-state index contributed by atoms with van der Waals surface area (Å²) in [4.78, 5) is 15.7. The number of rotatable bonds is 7. The van der Waals surface area contributed by atoms with E-state index in [4.69, 9.17) is 24.9 Å². The quantitative estimate of drug-likeness (QED) is 0.551. The predicted octanol–water partition coefficient (Wildman–Crippen LogP) is 3.80. The molecule has 184 valence electrons. The second-order valence-corrected chi connectivity index (χ2v) is 9.50. The molecular weight excluding hydrogens is 442 g/mol. The third kappa shape index (κ3) is 5.55. The van der Waals surface area contributed by atoms with Crippen molar-refractivity contribution in [1.29, 1.82) is 0 Å². The molecule has 35 heavy (non-hydrogen) atoms. The summed E-state index contributed by atoms with van der Waals surface area (Å²) in [6, 6.07) is 6.29. The first kappa shape index (κ1) is 23.5. The molecule has 4 heterocycles. The number of fused-ring (bicyclic) bond motifs is 1. The molecular formula is C27H33N5O3. The number of hydrogen-bond acceptors (Lipinski definition) is 8. The van der Waals surface area contributed by atoms with Crippen molar-refractivity contribution in [3.05, 3.63) is 59.0 Å². The Morgan fingerprint density at radius 2 is 2.03 bits per heavy atom. The van der Waals surface area contributed by atoms with Crippen LogP contribution in [-0.4, -0.2) is 53.3 Å². The summed E-state index contributed by atoms with van der Waals surface area (Å²) in [7, 11) is 2.15. The van der Waals surface area contributed by atoms with Gasteiger partial charge in [0.05, 0.1) is 24.7 Å². The average molecular weight is 476 g/mol. The van der Waals surface area contributed by atoms with Gasteiger partial charge < -0.3 is 24.8 Å². The van der Waals surface area contributed by atoms with Gasteiger partial charge in [-0.15, -0.1) is 0 Å². The van der Waals surface area contributed by atoms with Gasteiger partial charge in [0, 0.05) is 43.6 Å². The maximum atomic E-state index is 6.12. The van der Waals surface area contributed by atoms with E-state index in [2.05, 4.69) is 41.0 Å². The smallest absolute Gasteiger partial charge is 0.258 e. The van der Waals surface area contributed by atoms with E-state index in [1.807, 2.05) is 6.07 Å². The second-order valence-electron chi connectivity index (χ2n) is 9.50. The van der Waals surface area contributed by atoms with Crippen molar-refractivity contribution in [3.63, 3.8) is 0 Å². The lowest BCUT2D eigenvalue weighted by Gasteiger charge is -2.27. The molecule has 1 aromatic carbocycles. The van der Waals surface area contributed by atoms with Crippen molar-refractivity contribution in [3.8, 4) is 22.9 Å². The van der Waals surface area contributed by atoms with Crippen molar-refractivity contribution < 1.29 is 14.2 Å². The lowest BCUT2D eigenvalue weighted by molar-refractivity contribution is 0.0494. The molecule has 0 radical (unpaired) electrons. The van der Waals surface area contributed by atoms with Crippen LogP contribution in [0, 0.1) is 12.8 Å². The van der Waals surface area contributed by atoms with E-state index < -0.39 is 0 Å². The molecule has 0 atom stereocenters. The molecule has 8 nitrogen and oxygen atoms in total. The topological polar surface area (TPSA) is 95.6 Å². The highest BCUT2D eigenvalue weighted by atomic mass is 16.5. The van der Waals surface area contributed by atoms with E-state index in [0.717, 1.165) is 68.1 Å². The van der Waals surface area contributed by atoms with Crippen LogP contribution in [0.5, 0.6) is 11.6 Å². The van der Waals surface area contributed by atoms with Gasteiger partial charge in [-0.05, 0) is 74.0 Å². The number of nitrogens with two attached hydrogens (primary N) is 1. The molecule has 1 fully saturated rings. The molecule has 2 aliphatic heterocycles. The van der Waals surface area contributed by atoms with Crippen LogP contribution < -0.4 is 15.2 Å². The van der Waals surface area contributed by atoms with Crippen molar-refractivity contribution >= 4 is 5.82 Å². The molecule has 0 saturated carbocycles. The van der Waals surface area contributed by atoms with Crippen LogP contribution in [0.25, 0.3) is 11.3 Å². The zero-order valence-electron chi connectivity index (χ0n) is 20.5. The highest BCUT2D eigenvalue weighted by molar-refractivity contribution is 5.64. The maximum Gasteiger partial charge on any atom is 0.258 e. The Morgan fingerprint density at radius 1 is 1.17 bits per heavy atom. The fourth-order valence-corrected chi connectivity index (χ4v) is 4.76.